The Morgan fingerprint density at radius 2 is 1.27 bits per heavy atom. The second-order valence-electron chi connectivity index (χ2n) is 5.63. The van der Waals surface area contributed by atoms with Crippen molar-refractivity contribution >= 4 is 72.2 Å². The molecule has 0 aromatic rings. The molecule has 0 spiro atoms. The molecule has 148 valence electrons. The van der Waals surface area contributed by atoms with E-state index in [4.69, 9.17) is 10.2 Å². The van der Waals surface area contributed by atoms with Gasteiger partial charge in [-0.1, -0.05) is 58.3 Å². The fraction of sp³-hybridized carbons (Fsp3) is 0.812. The standard InChI is InChI=1S/C16H29NO5.2ClH.Na.Zn.H/c1-2-3-4-5-6-7-8-9-10-11-14(18)17-13(16(21)22)12-15(19)20;;;;;/h13H,2-12H2,1H3,(H,17,18)(H,19,20)(H,21,22);2*1H;;;/t13-;;;;;/m0...../s1. The van der Waals surface area contributed by atoms with E-state index < -0.39 is 30.3 Å². The van der Waals surface area contributed by atoms with E-state index in [2.05, 4.69) is 12.2 Å². The molecule has 3 N–H and O–H groups in total. The quantitative estimate of drug-likeness (QED) is 0.263. The smallest absolute Gasteiger partial charge is 0 e. The van der Waals surface area contributed by atoms with E-state index in [9.17, 15) is 14.4 Å². The summed E-state index contributed by atoms with van der Waals surface area (Å²) in [6, 6.07) is -1.34. The number of carbonyl (C=O) groups is 3. The van der Waals surface area contributed by atoms with Crippen molar-refractivity contribution in [1.82, 2.24) is 5.32 Å². The number of carboxylic acid groups (broad SMARTS) is 2. The zero-order chi connectivity index (χ0) is 16.8. The maximum atomic E-state index is 11.6. The van der Waals surface area contributed by atoms with Gasteiger partial charge in [-0.05, 0) is 6.42 Å². The molecule has 1 atom stereocenters. The molecule has 0 fully saturated rings. The third kappa shape index (κ3) is 24.6. The zero-order valence-electron chi connectivity index (χ0n) is 15.0. The number of hydrogen-bond acceptors (Lipinski definition) is 3. The van der Waals surface area contributed by atoms with Crippen LogP contribution in [-0.4, -0.2) is 63.7 Å². The first-order chi connectivity index (χ1) is 10.5. The Morgan fingerprint density at radius 3 is 1.65 bits per heavy atom. The molecular formula is C16H32Cl2NNaO5Zn. The monoisotopic (exact) mass is 475 g/mol. The minimum absolute atomic E-state index is 0. The summed E-state index contributed by atoms with van der Waals surface area (Å²) in [5, 5.41) is 19.7. The zero-order valence-corrected chi connectivity index (χ0v) is 19.6. The topological polar surface area (TPSA) is 104 Å². The van der Waals surface area contributed by atoms with Gasteiger partial charge < -0.3 is 15.5 Å². The predicted octanol–water partition coefficient (Wildman–Crippen LogP) is 3.14. The Bertz CT molecular complexity index is 366. The number of unbranched alkanes of at least 4 members (excludes halogenated alkanes) is 8. The van der Waals surface area contributed by atoms with Crippen LogP contribution in [0, 0.1) is 0 Å². The molecule has 6 nitrogen and oxygen atoms in total. The van der Waals surface area contributed by atoms with Crippen LogP contribution < -0.4 is 5.32 Å². The van der Waals surface area contributed by atoms with E-state index >= 15 is 0 Å². The van der Waals surface area contributed by atoms with Crippen LogP contribution in [0.3, 0.4) is 0 Å². The van der Waals surface area contributed by atoms with Crippen molar-refractivity contribution in [3.8, 4) is 0 Å². The van der Waals surface area contributed by atoms with Crippen molar-refractivity contribution in [1.29, 1.82) is 0 Å². The molecule has 0 rings (SSSR count). The Kier molecular flexibility index (Phi) is 36.8. The minimum atomic E-state index is -1.34. The molecule has 0 saturated heterocycles. The van der Waals surface area contributed by atoms with Crippen molar-refractivity contribution < 1.29 is 44.1 Å². The van der Waals surface area contributed by atoms with Gasteiger partial charge in [0.1, 0.15) is 6.04 Å². The first kappa shape index (κ1) is 37.4. The van der Waals surface area contributed by atoms with Gasteiger partial charge in [-0.25, -0.2) is 4.79 Å². The van der Waals surface area contributed by atoms with Gasteiger partial charge in [0.05, 0.1) is 6.42 Å². The number of hydrogen-bond donors (Lipinski definition) is 3. The van der Waals surface area contributed by atoms with Crippen LogP contribution in [0.15, 0.2) is 0 Å². The first-order valence-electron chi connectivity index (χ1n) is 8.21. The number of nitrogens with one attached hydrogen (secondary N) is 1. The van der Waals surface area contributed by atoms with Gasteiger partial charge in [0.25, 0.3) is 0 Å². The molecule has 0 unspecified atom stereocenters. The molecule has 0 aromatic carbocycles. The number of carbonyl (C=O) groups excluding carboxylic acids is 1. The van der Waals surface area contributed by atoms with Crippen LogP contribution in [0.5, 0.6) is 0 Å². The molecule has 0 radical (unpaired) electrons. The van der Waals surface area contributed by atoms with Crippen molar-refractivity contribution in [3.63, 3.8) is 0 Å². The summed E-state index contributed by atoms with van der Waals surface area (Å²) in [4.78, 5) is 32.9. The SMILES string of the molecule is CCCCCCCCCCCC(=O)N[C@@H](CC(=O)O)C(=O)O.Cl.Cl.[NaH].[Zn]. The van der Waals surface area contributed by atoms with E-state index in [1.165, 1.54) is 38.5 Å². The van der Waals surface area contributed by atoms with Gasteiger partial charge in [-0.15, -0.1) is 24.8 Å². The summed E-state index contributed by atoms with van der Waals surface area (Å²) < 4.78 is 0. The summed E-state index contributed by atoms with van der Waals surface area (Å²) >= 11 is 0. The second-order valence-corrected chi connectivity index (χ2v) is 5.63. The van der Waals surface area contributed by atoms with Crippen LogP contribution in [0.25, 0.3) is 0 Å². The number of carboxylic acids is 2. The fourth-order valence-electron chi connectivity index (χ4n) is 2.24. The maximum Gasteiger partial charge on any atom is 0 e. The van der Waals surface area contributed by atoms with Crippen LogP contribution in [0.2, 0.25) is 0 Å². The van der Waals surface area contributed by atoms with Gasteiger partial charge in [0.15, 0.2) is 0 Å². The number of rotatable bonds is 14. The molecule has 0 aliphatic carbocycles. The Hall–Kier alpha value is 0.613. The maximum absolute atomic E-state index is 11.6. The van der Waals surface area contributed by atoms with E-state index in [0.29, 0.717) is 6.42 Å². The van der Waals surface area contributed by atoms with Gasteiger partial charge in [0, 0.05) is 25.9 Å². The predicted molar refractivity (Wildman–Crippen MR) is 105 cm³/mol. The van der Waals surface area contributed by atoms with E-state index in [1.54, 1.807) is 0 Å². The first-order valence-corrected chi connectivity index (χ1v) is 8.21. The Labute approximate surface area is 203 Å². The van der Waals surface area contributed by atoms with Crippen LogP contribution in [0.1, 0.15) is 77.6 Å². The van der Waals surface area contributed by atoms with Crippen molar-refractivity contribution in [2.24, 2.45) is 0 Å². The molecule has 1 amide bonds. The fourth-order valence-corrected chi connectivity index (χ4v) is 2.24. The number of amides is 1. The summed E-state index contributed by atoms with van der Waals surface area (Å²) in [5.74, 6) is -2.95. The van der Waals surface area contributed by atoms with E-state index in [-0.39, 0.29) is 80.3 Å². The number of halogens is 2. The van der Waals surface area contributed by atoms with Crippen molar-refractivity contribution in [2.75, 3.05) is 0 Å². The Morgan fingerprint density at radius 1 is 0.846 bits per heavy atom. The molecule has 0 aliphatic rings. The molecule has 0 aliphatic heterocycles. The minimum Gasteiger partial charge on any atom is 0 e. The largest absolute Gasteiger partial charge is 0 e. The summed E-state index contributed by atoms with van der Waals surface area (Å²) in [7, 11) is 0. The van der Waals surface area contributed by atoms with Gasteiger partial charge in [-0.3, -0.25) is 9.59 Å². The molecule has 0 heterocycles. The van der Waals surface area contributed by atoms with Crippen LogP contribution >= 0.6 is 24.8 Å². The normalized spacial score (nSPS) is 10.0. The third-order valence-electron chi connectivity index (χ3n) is 3.52. The van der Waals surface area contributed by atoms with Crippen LogP contribution in [0.4, 0.5) is 0 Å². The molecule has 0 aromatic heterocycles. The van der Waals surface area contributed by atoms with E-state index in [1.807, 2.05) is 0 Å². The van der Waals surface area contributed by atoms with Gasteiger partial charge in [-0.2, -0.15) is 0 Å². The number of aliphatic carboxylic acids is 2. The molecule has 0 bridgehead atoms. The van der Waals surface area contributed by atoms with Crippen LogP contribution in [-0.2, 0) is 33.9 Å². The third-order valence-corrected chi connectivity index (χ3v) is 3.52. The average molecular weight is 478 g/mol. The average Bonchev–Trinajstić information content (AvgIpc) is 2.44. The summed E-state index contributed by atoms with van der Waals surface area (Å²) in [6.07, 6.45) is 9.87. The van der Waals surface area contributed by atoms with Crippen molar-refractivity contribution in [3.05, 3.63) is 0 Å². The molecule has 0 saturated carbocycles. The second kappa shape index (κ2) is 25.6. The summed E-state index contributed by atoms with van der Waals surface area (Å²) in [6.45, 7) is 2.19. The summed E-state index contributed by atoms with van der Waals surface area (Å²) in [5.41, 5.74) is 0. The van der Waals surface area contributed by atoms with E-state index in [0.717, 1.165) is 12.8 Å². The molecular weight excluding hydrogens is 445 g/mol. The van der Waals surface area contributed by atoms with Crippen molar-refractivity contribution in [2.45, 2.75) is 83.6 Å². The molecule has 26 heavy (non-hydrogen) atoms. The van der Waals surface area contributed by atoms with Gasteiger partial charge in [0.2, 0.25) is 5.91 Å². The Balaban J connectivity index is -0.000000367. The van der Waals surface area contributed by atoms with Gasteiger partial charge >= 0.3 is 41.5 Å². The molecule has 10 heteroatoms.